The van der Waals surface area contributed by atoms with Crippen molar-refractivity contribution in [1.29, 1.82) is 0 Å². The van der Waals surface area contributed by atoms with Gasteiger partial charge in [0, 0.05) is 0 Å². The summed E-state index contributed by atoms with van der Waals surface area (Å²) < 4.78 is 24.1. The van der Waals surface area contributed by atoms with Crippen LogP contribution < -0.4 is 0 Å². The Labute approximate surface area is 102 Å². The molecule has 1 saturated carbocycles. The third-order valence-corrected chi connectivity index (χ3v) is 5.21. The van der Waals surface area contributed by atoms with Crippen molar-refractivity contribution >= 4 is 9.84 Å². The van der Waals surface area contributed by atoms with Crippen LogP contribution in [0.1, 0.15) is 25.7 Å². The lowest BCUT2D eigenvalue weighted by Gasteiger charge is -2.17. The van der Waals surface area contributed by atoms with Gasteiger partial charge in [0.25, 0.3) is 0 Å². The fourth-order valence-corrected chi connectivity index (χ4v) is 3.91. The molecule has 2 rings (SSSR count). The number of benzene rings is 1. The fraction of sp³-hybridized carbons (Fsp3) is 0.538. The van der Waals surface area contributed by atoms with Gasteiger partial charge in [-0.1, -0.05) is 31.0 Å². The molecule has 4 heteroatoms. The second-order valence-electron chi connectivity index (χ2n) is 4.71. The summed E-state index contributed by atoms with van der Waals surface area (Å²) in [5.74, 6) is 0.00953. The van der Waals surface area contributed by atoms with Crippen molar-refractivity contribution in [1.82, 2.24) is 0 Å². The smallest absolute Gasteiger partial charge is 0.180 e. The van der Waals surface area contributed by atoms with Gasteiger partial charge in [0.2, 0.25) is 0 Å². The highest BCUT2D eigenvalue weighted by molar-refractivity contribution is 7.91. The number of hydrogen-bond acceptors (Lipinski definition) is 3. The molecular weight excluding hydrogens is 236 g/mol. The molecule has 1 aromatic carbocycles. The summed E-state index contributed by atoms with van der Waals surface area (Å²) in [6.45, 7) is 0. The Hall–Kier alpha value is -0.870. The summed E-state index contributed by atoms with van der Waals surface area (Å²) >= 11 is 0. The first-order valence-corrected chi connectivity index (χ1v) is 7.71. The molecule has 0 spiro atoms. The SMILES string of the molecule is O=S(=O)(CC(O)C1CCCC1)c1ccccc1. The van der Waals surface area contributed by atoms with Gasteiger partial charge < -0.3 is 5.11 Å². The largest absolute Gasteiger partial charge is 0.392 e. The predicted molar refractivity (Wildman–Crippen MR) is 66.5 cm³/mol. The van der Waals surface area contributed by atoms with Crippen LogP contribution in [-0.4, -0.2) is 25.4 Å². The number of aliphatic hydroxyl groups is 1. The van der Waals surface area contributed by atoms with Crippen molar-refractivity contribution in [2.75, 3.05) is 5.75 Å². The molecule has 0 saturated heterocycles. The maximum absolute atomic E-state index is 12.0. The highest BCUT2D eigenvalue weighted by Gasteiger charge is 2.28. The quantitative estimate of drug-likeness (QED) is 0.894. The number of aliphatic hydroxyl groups excluding tert-OH is 1. The Morgan fingerprint density at radius 1 is 1.18 bits per heavy atom. The minimum absolute atomic E-state index is 0.151. The Balaban J connectivity index is 2.07. The zero-order valence-electron chi connectivity index (χ0n) is 9.75. The van der Waals surface area contributed by atoms with Crippen molar-refractivity contribution in [3.8, 4) is 0 Å². The first kappa shape index (κ1) is 12.6. The normalized spacial score (nSPS) is 19.4. The van der Waals surface area contributed by atoms with Crippen molar-refractivity contribution in [2.24, 2.45) is 5.92 Å². The minimum atomic E-state index is -3.35. The average Bonchev–Trinajstić information content (AvgIpc) is 2.83. The molecule has 0 bridgehead atoms. The van der Waals surface area contributed by atoms with Crippen molar-refractivity contribution in [2.45, 2.75) is 36.7 Å². The van der Waals surface area contributed by atoms with E-state index < -0.39 is 15.9 Å². The van der Waals surface area contributed by atoms with E-state index in [0.717, 1.165) is 25.7 Å². The predicted octanol–water partition coefficient (Wildman–Crippen LogP) is 2.01. The average molecular weight is 254 g/mol. The Morgan fingerprint density at radius 2 is 1.76 bits per heavy atom. The lowest BCUT2D eigenvalue weighted by molar-refractivity contribution is 0.131. The molecule has 1 atom stereocenters. The van der Waals surface area contributed by atoms with Gasteiger partial charge in [0.1, 0.15) is 0 Å². The Kier molecular flexibility index (Phi) is 3.84. The molecule has 3 nitrogen and oxygen atoms in total. The molecular formula is C13H18O3S. The molecule has 17 heavy (non-hydrogen) atoms. The maximum atomic E-state index is 12.0. The van der Waals surface area contributed by atoms with E-state index in [4.69, 9.17) is 0 Å². The second kappa shape index (κ2) is 5.19. The lowest BCUT2D eigenvalue weighted by Crippen LogP contribution is -2.27. The van der Waals surface area contributed by atoms with Gasteiger partial charge in [-0.3, -0.25) is 0 Å². The first-order chi connectivity index (χ1) is 8.09. The van der Waals surface area contributed by atoms with Crippen molar-refractivity contribution < 1.29 is 13.5 Å². The van der Waals surface area contributed by atoms with Gasteiger partial charge in [-0.15, -0.1) is 0 Å². The van der Waals surface area contributed by atoms with Gasteiger partial charge in [-0.2, -0.15) is 0 Å². The van der Waals surface area contributed by atoms with Crippen LogP contribution in [0.5, 0.6) is 0 Å². The van der Waals surface area contributed by atoms with E-state index in [9.17, 15) is 13.5 Å². The van der Waals surface area contributed by atoms with Crippen LogP contribution in [0.2, 0.25) is 0 Å². The van der Waals surface area contributed by atoms with Gasteiger partial charge in [0.05, 0.1) is 16.8 Å². The van der Waals surface area contributed by atoms with E-state index in [1.165, 1.54) is 0 Å². The van der Waals surface area contributed by atoms with Gasteiger partial charge in [-0.05, 0) is 30.9 Å². The second-order valence-corrected chi connectivity index (χ2v) is 6.74. The highest BCUT2D eigenvalue weighted by atomic mass is 32.2. The number of rotatable bonds is 4. The van der Waals surface area contributed by atoms with E-state index in [1.54, 1.807) is 30.3 Å². The van der Waals surface area contributed by atoms with Gasteiger partial charge in [-0.25, -0.2) is 8.42 Å². The highest BCUT2D eigenvalue weighted by Crippen LogP contribution is 2.29. The molecule has 0 aliphatic heterocycles. The topological polar surface area (TPSA) is 54.4 Å². The van der Waals surface area contributed by atoms with Crippen LogP contribution in [0.25, 0.3) is 0 Å². The zero-order valence-corrected chi connectivity index (χ0v) is 10.6. The summed E-state index contributed by atoms with van der Waals surface area (Å²) in [5.41, 5.74) is 0. The molecule has 0 heterocycles. The van der Waals surface area contributed by atoms with Crippen LogP contribution in [0, 0.1) is 5.92 Å². The molecule has 0 aromatic heterocycles. The monoisotopic (exact) mass is 254 g/mol. The van der Waals surface area contributed by atoms with Crippen LogP contribution in [-0.2, 0) is 9.84 Å². The summed E-state index contributed by atoms with van der Waals surface area (Å²) in [6, 6.07) is 8.35. The minimum Gasteiger partial charge on any atom is -0.392 e. The molecule has 94 valence electrons. The van der Waals surface area contributed by atoms with E-state index >= 15 is 0 Å². The third-order valence-electron chi connectivity index (χ3n) is 3.44. The molecule has 1 unspecified atom stereocenters. The van der Waals surface area contributed by atoms with Gasteiger partial charge in [0.15, 0.2) is 9.84 Å². The zero-order chi connectivity index (χ0) is 12.3. The third kappa shape index (κ3) is 3.07. The summed E-state index contributed by atoms with van der Waals surface area (Å²) in [7, 11) is -3.35. The van der Waals surface area contributed by atoms with Crippen LogP contribution in [0.4, 0.5) is 0 Å². The summed E-state index contributed by atoms with van der Waals surface area (Å²) in [6.07, 6.45) is 3.39. The Morgan fingerprint density at radius 3 is 2.35 bits per heavy atom. The van der Waals surface area contributed by atoms with E-state index in [-0.39, 0.29) is 11.7 Å². The van der Waals surface area contributed by atoms with E-state index in [2.05, 4.69) is 0 Å². The molecule has 1 aromatic rings. The Bertz CT molecular complexity index is 447. The molecule has 1 aliphatic carbocycles. The number of sulfone groups is 1. The summed E-state index contributed by atoms with van der Waals surface area (Å²) in [4.78, 5) is 0.303. The first-order valence-electron chi connectivity index (χ1n) is 6.05. The van der Waals surface area contributed by atoms with E-state index in [1.807, 2.05) is 0 Å². The van der Waals surface area contributed by atoms with Crippen molar-refractivity contribution in [3.05, 3.63) is 30.3 Å². The van der Waals surface area contributed by atoms with Gasteiger partial charge >= 0.3 is 0 Å². The number of hydrogen-bond donors (Lipinski definition) is 1. The molecule has 1 aliphatic rings. The van der Waals surface area contributed by atoms with Crippen molar-refractivity contribution in [3.63, 3.8) is 0 Å². The van der Waals surface area contributed by atoms with Crippen LogP contribution in [0.3, 0.4) is 0 Å². The molecule has 0 radical (unpaired) electrons. The maximum Gasteiger partial charge on any atom is 0.180 e. The van der Waals surface area contributed by atoms with E-state index in [0.29, 0.717) is 4.90 Å². The molecule has 1 fully saturated rings. The fourth-order valence-electron chi connectivity index (χ4n) is 2.43. The van der Waals surface area contributed by atoms with Crippen LogP contribution in [0.15, 0.2) is 35.2 Å². The van der Waals surface area contributed by atoms with Crippen LogP contribution >= 0.6 is 0 Å². The molecule has 0 amide bonds. The lowest BCUT2D eigenvalue weighted by atomic mass is 10.0. The molecule has 1 N–H and O–H groups in total. The standard InChI is InChI=1S/C13H18O3S/c14-13(11-6-4-5-7-11)10-17(15,16)12-8-2-1-3-9-12/h1-3,8-9,11,13-14H,4-7,10H2. The summed E-state index contributed by atoms with van der Waals surface area (Å²) in [5, 5.41) is 9.97.